The number of carboxylic acid groups (broad SMARTS) is 1. The van der Waals surface area contributed by atoms with Crippen LogP contribution in [0, 0.1) is 0 Å². The molecule has 7 heteroatoms. The third-order valence-corrected chi connectivity index (χ3v) is 4.33. The molecule has 0 aromatic carbocycles. The molecule has 5 nitrogen and oxygen atoms in total. The summed E-state index contributed by atoms with van der Waals surface area (Å²) in [5.74, 6) is -1.02. The first kappa shape index (κ1) is 14.1. The summed E-state index contributed by atoms with van der Waals surface area (Å²) in [6.07, 6.45) is 0. The van der Waals surface area contributed by atoms with E-state index in [4.69, 9.17) is 10.2 Å². The molecule has 0 radical (unpaired) electrons. The van der Waals surface area contributed by atoms with E-state index in [1.165, 1.54) is 11.3 Å². The summed E-state index contributed by atoms with van der Waals surface area (Å²) >= 11 is 2.91. The van der Waals surface area contributed by atoms with Gasteiger partial charge in [-0.25, -0.2) is 9.78 Å². The molecule has 2 aromatic heterocycles. The molecule has 0 aliphatic carbocycles. The third kappa shape index (κ3) is 3.19. The maximum Gasteiger partial charge on any atom is 0.355 e. The zero-order valence-corrected chi connectivity index (χ0v) is 11.9. The molecular formula is C12H14N2O3S2. The van der Waals surface area contributed by atoms with Gasteiger partial charge in [-0.05, 0) is 29.4 Å². The second-order valence-electron chi connectivity index (χ2n) is 4.04. The molecule has 2 rings (SSSR count). The van der Waals surface area contributed by atoms with Crippen molar-refractivity contribution < 1.29 is 15.0 Å². The van der Waals surface area contributed by atoms with Gasteiger partial charge in [0.1, 0.15) is 5.01 Å². The molecule has 1 unspecified atom stereocenters. The largest absolute Gasteiger partial charge is 0.476 e. The molecule has 19 heavy (non-hydrogen) atoms. The molecule has 102 valence electrons. The van der Waals surface area contributed by atoms with Crippen molar-refractivity contribution in [3.8, 4) is 0 Å². The summed E-state index contributed by atoms with van der Waals surface area (Å²) in [7, 11) is 1.89. The molecule has 0 aliphatic rings. The van der Waals surface area contributed by atoms with Crippen molar-refractivity contribution >= 4 is 28.6 Å². The summed E-state index contributed by atoms with van der Waals surface area (Å²) in [6, 6.07) is 1.88. The number of aliphatic hydroxyl groups is 1. The van der Waals surface area contributed by atoms with Crippen molar-refractivity contribution in [2.75, 3.05) is 20.2 Å². The molecule has 0 saturated heterocycles. The third-order valence-electron chi connectivity index (χ3n) is 2.73. The zero-order valence-electron chi connectivity index (χ0n) is 10.3. The molecular weight excluding hydrogens is 284 g/mol. The van der Waals surface area contributed by atoms with Gasteiger partial charge in [-0.3, -0.25) is 4.90 Å². The smallest absolute Gasteiger partial charge is 0.355 e. The maximum absolute atomic E-state index is 10.9. The van der Waals surface area contributed by atoms with Gasteiger partial charge in [0.25, 0.3) is 0 Å². The molecule has 2 aromatic rings. The highest BCUT2D eigenvalue weighted by Gasteiger charge is 2.23. The number of carboxylic acids is 1. The summed E-state index contributed by atoms with van der Waals surface area (Å²) in [5.41, 5.74) is 1.13. The van der Waals surface area contributed by atoms with E-state index >= 15 is 0 Å². The molecule has 2 N–H and O–H groups in total. The summed E-state index contributed by atoms with van der Waals surface area (Å²) in [4.78, 5) is 17.0. The highest BCUT2D eigenvalue weighted by molar-refractivity contribution is 7.10. The van der Waals surface area contributed by atoms with Crippen molar-refractivity contribution in [3.63, 3.8) is 0 Å². The maximum atomic E-state index is 10.9. The van der Waals surface area contributed by atoms with Crippen molar-refractivity contribution in [1.82, 2.24) is 9.88 Å². The minimum absolute atomic E-state index is 0.0499. The SMILES string of the molecule is CN(CCO)C(c1ccsc1)c1nc(C(=O)O)cs1. The average molecular weight is 298 g/mol. The number of thiophene rings is 1. The van der Waals surface area contributed by atoms with Crippen molar-refractivity contribution in [2.45, 2.75) is 6.04 Å². The molecule has 0 bridgehead atoms. The lowest BCUT2D eigenvalue weighted by Gasteiger charge is -2.25. The highest BCUT2D eigenvalue weighted by atomic mass is 32.1. The Morgan fingerprint density at radius 1 is 1.53 bits per heavy atom. The van der Waals surface area contributed by atoms with Crippen molar-refractivity contribution in [2.24, 2.45) is 0 Å². The summed E-state index contributed by atoms with van der Waals surface area (Å²) < 4.78 is 0. The van der Waals surface area contributed by atoms with Crippen LogP contribution in [0.4, 0.5) is 0 Å². The van der Waals surface area contributed by atoms with Crippen LogP contribution in [0.25, 0.3) is 0 Å². The number of hydrogen-bond acceptors (Lipinski definition) is 6. The van der Waals surface area contributed by atoms with Gasteiger partial charge in [-0.1, -0.05) is 0 Å². The van der Waals surface area contributed by atoms with E-state index in [0.29, 0.717) is 6.54 Å². The Morgan fingerprint density at radius 3 is 2.84 bits per heavy atom. The first-order valence-corrected chi connectivity index (χ1v) is 7.47. The summed E-state index contributed by atoms with van der Waals surface area (Å²) in [5, 5.41) is 24.3. The van der Waals surface area contributed by atoms with E-state index in [9.17, 15) is 4.79 Å². The number of aromatic nitrogens is 1. The number of rotatable bonds is 6. The second-order valence-corrected chi connectivity index (χ2v) is 5.71. The Labute approximate surface area is 118 Å². The predicted octanol–water partition coefficient (Wildman–Crippen LogP) is 1.92. The van der Waals surface area contributed by atoms with Gasteiger partial charge in [-0.2, -0.15) is 11.3 Å². The summed E-state index contributed by atoms with van der Waals surface area (Å²) in [6.45, 7) is 0.552. The zero-order chi connectivity index (χ0) is 13.8. The number of carbonyl (C=O) groups is 1. The average Bonchev–Trinajstić information content (AvgIpc) is 3.01. The predicted molar refractivity (Wildman–Crippen MR) is 75.0 cm³/mol. The van der Waals surface area contributed by atoms with Gasteiger partial charge < -0.3 is 10.2 Å². The number of nitrogens with zero attached hydrogens (tertiary/aromatic N) is 2. The number of aromatic carboxylic acids is 1. The molecule has 2 heterocycles. The monoisotopic (exact) mass is 298 g/mol. The quantitative estimate of drug-likeness (QED) is 0.852. The van der Waals surface area contributed by atoms with E-state index in [1.54, 1.807) is 16.7 Å². The number of aliphatic hydroxyl groups excluding tert-OH is 1. The van der Waals surface area contributed by atoms with Crippen LogP contribution in [0.3, 0.4) is 0 Å². The van der Waals surface area contributed by atoms with E-state index in [-0.39, 0.29) is 18.3 Å². The fourth-order valence-electron chi connectivity index (χ4n) is 1.81. The van der Waals surface area contributed by atoms with Crippen LogP contribution < -0.4 is 0 Å². The van der Waals surface area contributed by atoms with Gasteiger partial charge in [0, 0.05) is 11.9 Å². The fraction of sp³-hybridized carbons (Fsp3) is 0.333. The first-order valence-electron chi connectivity index (χ1n) is 5.65. The Kier molecular flexibility index (Phi) is 4.65. The standard InChI is InChI=1S/C12H14N2O3S2/c1-14(3-4-15)10(8-2-5-18-6-8)11-13-9(7-19-11)12(16)17/h2,5-7,10,15H,3-4H2,1H3,(H,16,17). The van der Waals surface area contributed by atoms with Crippen LogP contribution in [0.2, 0.25) is 0 Å². The van der Waals surface area contributed by atoms with Gasteiger partial charge in [0.05, 0.1) is 12.6 Å². The molecule has 0 amide bonds. The van der Waals surface area contributed by atoms with Crippen LogP contribution in [0.5, 0.6) is 0 Å². The number of likely N-dealkylation sites (N-methyl/N-ethyl adjacent to an activating group) is 1. The Morgan fingerprint density at radius 2 is 2.32 bits per heavy atom. The van der Waals surface area contributed by atoms with Crippen molar-refractivity contribution in [1.29, 1.82) is 0 Å². The van der Waals surface area contributed by atoms with E-state index in [2.05, 4.69) is 4.98 Å². The van der Waals surface area contributed by atoms with E-state index in [0.717, 1.165) is 10.6 Å². The molecule has 0 spiro atoms. The van der Waals surface area contributed by atoms with Gasteiger partial charge in [-0.15, -0.1) is 11.3 Å². The highest BCUT2D eigenvalue weighted by Crippen LogP contribution is 2.31. The van der Waals surface area contributed by atoms with E-state index in [1.807, 2.05) is 28.8 Å². The molecule has 0 fully saturated rings. The Hall–Kier alpha value is -1.28. The second kappa shape index (κ2) is 6.25. The molecule has 0 saturated carbocycles. The fourth-order valence-corrected chi connectivity index (χ4v) is 3.48. The number of thiazole rings is 1. The Bertz CT molecular complexity index is 539. The lowest BCUT2D eigenvalue weighted by Crippen LogP contribution is -2.28. The Balaban J connectivity index is 2.33. The van der Waals surface area contributed by atoms with Gasteiger partial charge in [0.2, 0.25) is 0 Å². The van der Waals surface area contributed by atoms with Crippen LogP contribution in [0.15, 0.2) is 22.2 Å². The van der Waals surface area contributed by atoms with Crippen molar-refractivity contribution in [3.05, 3.63) is 38.5 Å². The normalized spacial score (nSPS) is 12.8. The first-order chi connectivity index (χ1) is 9.13. The van der Waals surface area contributed by atoms with Crippen LogP contribution in [0.1, 0.15) is 27.1 Å². The van der Waals surface area contributed by atoms with Crippen LogP contribution in [-0.4, -0.2) is 46.3 Å². The van der Waals surface area contributed by atoms with Crippen LogP contribution >= 0.6 is 22.7 Å². The van der Waals surface area contributed by atoms with E-state index < -0.39 is 5.97 Å². The van der Waals surface area contributed by atoms with Gasteiger partial charge >= 0.3 is 5.97 Å². The molecule has 1 atom stereocenters. The minimum Gasteiger partial charge on any atom is -0.476 e. The minimum atomic E-state index is -1.02. The van der Waals surface area contributed by atoms with Gasteiger partial charge in [0.15, 0.2) is 5.69 Å². The lowest BCUT2D eigenvalue weighted by molar-refractivity contribution is 0.0690. The van der Waals surface area contributed by atoms with Crippen LogP contribution in [-0.2, 0) is 0 Å². The number of hydrogen-bond donors (Lipinski definition) is 2. The lowest BCUT2D eigenvalue weighted by atomic mass is 10.1. The topological polar surface area (TPSA) is 73.7 Å². The molecule has 0 aliphatic heterocycles.